The molecule has 0 aliphatic carbocycles. The van der Waals surface area contributed by atoms with E-state index in [0.717, 1.165) is 22.6 Å². The Bertz CT molecular complexity index is 676. The minimum absolute atomic E-state index is 0.0260. The molecular weight excluding hydrogens is 266 g/mol. The molecule has 1 unspecified atom stereocenters. The van der Waals surface area contributed by atoms with Crippen molar-refractivity contribution in [2.45, 2.75) is 32.3 Å². The van der Waals surface area contributed by atoms with E-state index in [-0.39, 0.29) is 17.9 Å². The highest BCUT2D eigenvalue weighted by Crippen LogP contribution is 2.38. The van der Waals surface area contributed by atoms with E-state index in [2.05, 4.69) is 10.4 Å². The summed E-state index contributed by atoms with van der Waals surface area (Å²) in [5.74, 6) is 0.851. The fraction of sp³-hybridized carbons (Fsp3) is 0.375. The fourth-order valence-electron chi connectivity index (χ4n) is 2.71. The third-order valence-electron chi connectivity index (χ3n) is 3.56. The van der Waals surface area contributed by atoms with Gasteiger partial charge in [0.1, 0.15) is 5.75 Å². The van der Waals surface area contributed by atoms with Crippen molar-refractivity contribution in [2.75, 3.05) is 5.32 Å². The van der Waals surface area contributed by atoms with Crippen molar-refractivity contribution in [3.05, 3.63) is 41.7 Å². The number of ether oxygens (including phenoxy) is 1. The maximum Gasteiger partial charge on any atom is 0.225 e. The summed E-state index contributed by atoms with van der Waals surface area (Å²) < 4.78 is 7.45. The van der Waals surface area contributed by atoms with Crippen LogP contribution in [0.2, 0.25) is 0 Å². The highest BCUT2D eigenvalue weighted by atomic mass is 16.5. The number of rotatable bonds is 3. The molecule has 2 heterocycles. The van der Waals surface area contributed by atoms with Crippen LogP contribution in [0.25, 0.3) is 0 Å². The van der Waals surface area contributed by atoms with Gasteiger partial charge in [-0.25, -0.2) is 0 Å². The second kappa shape index (κ2) is 5.24. The van der Waals surface area contributed by atoms with Crippen molar-refractivity contribution in [3.63, 3.8) is 0 Å². The molecular formula is C16H19N3O2. The van der Waals surface area contributed by atoms with Crippen molar-refractivity contribution in [2.24, 2.45) is 7.05 Å². The number of carbonyl (C=O) groups excluding carboxylic acids is 1. The van der Waals surface area contributed by atoms with Crippen LogP contribution in [-0.2, 0) is 11.8 Å². The van der Waals surface area contributed by atoms with Crippen molar-refractivity contribution in [1.29, 1.82) is 0 Å². The van der Waals surface area contributed by atoms with Crippen molar-refractivity contribution >= 4 is 11.6 Å². The van der Waals surface area contributed by atoms with Crippen LogP contribution in [0.5, 0.6) is 5.75 Å². The first-order chi connectivity index (χ1) is 10.0. The Morgan fingerprint density at radius 3 is 2.90 bits per heavy atom. The van der Waals surface area contributed by atoms with E-state index in [1.807, 2.05) is 51.5 Å². The van der Waals surface area contributed by atoms with Crippen molar-refractivity contribution in [3.8, 4) is 5.75 Å². The third kappa shape index (κ3) is 2.77. The van der Waals surface area contributed by atoms with Crippen LogP contribution in [0, 0.1) is 0 Å². The van der Waals surface area contributed by atoms with E-state index in [9.17, 15) is 4.79 Å². The van der Waals surface area contributed by atoms with E-state index >= 15 is 0 Å². The zero-order chi connectivity index (χ0) is 15.0. The average molecular weight is 285 g/mol. The van der Waals surface area contributed by atoms with Crippen molar-refractivity contribution in [1.82, 2.24) is 9.78 Å². The number of nitrogens with zero attached hydrogens (tertiary/aromatic N) is 2. The van der Waals surface area contributed by atoms with Gasteiger partial charge in [0.15, 0.2) is 0 Å². The van der Waals surface area contributed by atoms with Crippen LogP contribution in [0.3, 0.4) is 0 Å². The Hall–Kier alpha value is -2.30. The predicted molar refractivity (Wildman–Crippen MR) is 80.5 cm³/mol. The second-order valence-corrected chi connectivity index (χ2v) is 5.67. The highest BCUT2D eigenvalue weighted by molar-refractivity contribution is 5.95. The molecule has 5 heteroatoms. The number of hydrogen-bond donors (Lipinski definition) is 1. The topological polar surface area (TPSA) is 56.1 Å². The molecule has 1 atom stereocenters. The maximum atomic E-state index is 12.0. The van der Waals surface area contributed by atoms with Gasteiger partial charge in [-0.05, 0) is 31.0 Å². The summed E-state index contributed by atoms with van der Waals surface area (Å²) in [5.41, 5.74) is 3.00. The quantitative estimate of drug-likeness (QED) is 0.943. The fourth-order valence-corrected chi connectivity index (χ4v) is 2.71. The van der Waals surface area contributed by atoms with Crippen LogP contribution >= 0.6 is 0 Å². The first-order valence-electron chi connectivity index (χ1n) is 7.12. The summed E-state index contributed by atoms with van der Waals surface area (Å²) in [6.07, 6.45) is 4.34. The van der Waals surface area contributed by atoms with Crippen LogP contribution in [-0.4, -0.2) is 21.8 Å². The number of hydrogen-bond acceptors (Lipinski definition) is 3. The molecule has 0 spiro atoms. The molecule has 1 aromatic carbocycles. The van der Waals surface area contributed by atoms with Crippen LogP contribution in [0.4, 0.5) is 5.69 Å². The van der Waals surface area contributed by atoms with Gasteiger partial charge in [0.2, 0.25) is 5.91 Å². The summed E-state index contributed by atoms with van der Waals surface area (Å²) >= 11 is 0. The van der Waals surface area contributed by atoms with Gasteiger partial charge < -0.3 is 10.1 Å². The normalized spacial score (nSPS) is 17.5. The number of anilines is 1. The van der Waals surface area contributed by atoms with Gasteiger partial charge in [0, 0.05) is 37.3 Å². The lowest BCUT2D eigenvalue weighted by Crippen LogP contribution is -2.23. The maximum absolute atomic E-state index is 12.0. The van der Waals surface area contributed by atoms with Gasteiger partial charge in [-0.1, -0.05) is 6.07 Å². The Kier molecular flexibility index (Phi) is 3.41. The molecule has 0 radical (unpaired) electrons. The van der Waals surface area contributed by atoms with Gasteiger partial charge in [0.05, 0.1) is 12.3 Å². The van der Waals surface area contributed by atoms with E-state index in [1.165, 1.54) is 0 Å². The molecule has 0 saturated carbocycles. The molecule has 1 amide bonds. The minimum Gasteiger partial charge on any atom is -0.491 e. The number of amides is 1. The first kappa shape index (κ1) is 13.7. The summed E-state index contributed by atoms with van der Waals surface area (Å²) in [4.78, 5) is 12.0. The second-order valence-electron chi connectivity index (χ2n) is 5.67. The minimum atomic E-state index is 0.0260. The Labute approximate surface area is 123 Å². The smallest absolute Gasteiger partial charge is 0.225 e. The zero-order valence-corrected chi connectivity index (χ0v) is 12.5. The monoisotopic (exact) mass is 285 g/mol. The van der Waals surface area contributed by atoms with E-state index in [4.69, 9.17) is 4.74 Å². The average Bonchev–Trinajstić information content (AvgIpc) is 2.83. The van der Waals surface area contributed by atoms with Gasteiger partial charge in [0.25, 0.3) is 0 Å². The van der Waals surface area contributed by atoms with Crippen LogP contribution < -0.4 is 10.1 Å². The number of aryl methyl sites for hydroxylation is 1. The summed E-state index contributed by atoms with van der Waals surface area (Å²) in [5, 5.41) is 7.14. The molecule has 21 heavy (non-hydrogen) atoms. The van der Waals surface area contributed by atoms with E-state index in [0.29, 0.717) is 6.42 Å². The molecule has 0 fully saturated rings. The highest BCUT2D eigenvalue weighted by Gasteiger charge is 2.27. The molecule has 0 bridgehead atoms. The summed E-state index contributed by atoms with van der Waals surface area (Å²) in [6.45, 7) is 3.97. The lowest BCUT2D eigenvalue weighted by atomic mass is 9.86. The molecule has 0 saturated heterocycles. The zero-order valence-electron chi connectivity index (χ0n) is 12.5. The number of aromatic nitrogens is 2. The Morgan fingerprint density at radius 1 is 1.43 bits per heavy atom. The van der Waals surface area contributed by atoms with Crippen molar-refractivity contribution < 1.29 is 9.53 Å². The van der Waals surface area contributed by atoms with E-state index in [1.54, 1.807) is 4.68 Å². The predicted octanol–water partition coefficient (Wildman–Crippen LogP) is 2.68. The molecule has 2 aromatic rings. The largest absolute Gasteiger partial charge is 0.491 e. The Balaban J connectivity index is 1.99. The number of carbonyl (C=O) groups is 1. The summed E-state index contributed by atoms with van der Waals surface area (Å²) in [6, 6.07) is 5.89. The molecule has 1 N–H and O–H groups in total. The number of fused-ring (bicyclic) bond motifs is 1. The van der Waals surface area contributed by atoms with Gasteiger partial charge in [-0.3, -0.25) is 9.48 Å². The van der Waals surface area contributed by atoms with Gasteiger partial charge in [-0.15, -0.1) is 0 Å². The molecule has 1 aromatic heterocycles. The first-order valence-corrected chi connectivity index (χ1v) is 7.12. The summed E-state index contributed by atoms with van der Waals surface area (Å²) in [7, 11) is 1.88. The molecule has 3 rings (SSSR count). The van der Waals surface area contributed by atoms with Crippen LogP contribution in [0.15, 0.2) is 30.6 Å². The number of nitrogens with one attached hydrogen (secondary N) is 1. The third-order valence-corrected chi connectivity index (χ3v) is 3.56. The standard InChI is InChI=1S/C16H19N3O2/c1-10(2)21-12-4-5-13-14(11-8-17-19(3)9-11)7-16(20)18-15(13)6-12/h4-6,8-10,14H,7H2,1-3H3,(H,18,20). The SMILES string of the molecule is CC(C)Oc1ccc2c(c1)NC(=O)CC2c1cnn(C)c1. The lowest BCUT2D eigenvalue weighted by molar-refractivity contribution is -0.116. The van der Waals surface area contributed by atoms with Gasteiger partial charge in [-0.2, -0.15) is 5.10 Å². The lowest BCUT2D eigenvalue weighted by Gasteiger charge is -2.25. The number of benzene rings is 1. The van der Waals surface area contributed by atoms with Crippen LogP contribution in [0.1, 0.15) is 37.3 Å². The Morgan fingerprint density at radius 2 is 2.24 bits per heavy atom. The molecule has 1 aliphatic heterocycles. The van der Waals surface area contributed by atoms with E-state index < -0.39 is 0 Å². The molecule has 5 nitrogen and oxygen atoms in total. The molecule has 1 aliphatic rings. The van der Waals surface area contributed by atoms with Gasteiger partial charge >= 0.3 is 0 Å². The molecule has 110 valence electrons.